The minimum Gasteiger partial charge on any atom is -0.497 e. The van der Waals surface area contributed by atoms with E-state index in [9.17, 15) is 9.59 Å². The second-order valence-electron chi connectivity index (χ2n) is 7.06. The number of nitrogens with zero attached hydrogens (tertiary/aromatic N) is 1. The van der Waals surface area contributed by atoms with E-state index in [1.54, 1.807) is 19.3 Å². The number of rotatable bonds is 6. The second kappa shape index (κ2) is 9.06. The Morgan fingerprint density at radius 2 is 2.21 bits per heavy atom. The Morgan fingerprint density at radius 1 is 1.39 bits per heavy atom. The second-order valence-corrected chi connectivity index (χ2v) is 8.25. The summed E-state index contributed by atoms with van der Waals surface area (Å²) in [5.74, 6) is 0.853. The molecular weight excluding hydrogens is 372 g/mol. The molecule has 1 unspecified atom stereocenters. The van der Waals surface area contributed by atoms with Crippen LogP contribution in [0, 0.1) is 5.92 Å². The van der Waals surface area contributed by atoms with E-state index in [1.807, 2.05) is 36.4 Å². The maximum Gasteiger partial charge on any atom is 0.283 e. The molecule has 1 aliphatic heterocycles. The van der Waals surface area contributed by atoms with Crippen LogP contribution >= 0.6 is 11.8 Å². The van der Waals surface area contributed by atoms with Gasteiger partial charge in [0.1, 0.15) is 5.75 Å². The largest absolute Gasteiger partial charge is 0.497 e. The Hall–Kier alpha value is -2.60. The van der Waals surface area contributed by atoms with Crippen LogP contribution in [0.1, 0.15) is 25.8 Å². The van der Waals surface area contributed by atoms with Gasteiger partial charge < -0.3 is 10.1 Å². The number of carbonyl (C=O) groups excluding carboxylic acids is 2. The van der Waals surface area contributed by atoms with Crippen LogP contribution in [0.15, 0.2) is 58.0 Å². The molecule has 3 rings (SSSR count). The van der Waals surface area contributed by atoms with Crippen molar-refractivity contribution in [3.8, 4) is 5.75 Å². The average Bonchev–Trinajstić information content (AvgIpc) is 2.68. The van der Waals surface area contributed by atoms with Gasteiger partial charge in [0.15, 0.2) is 0 Å². The predicted molar refractivity (Wildman–Crippen MR) is 114 cm³/mol. The lowest BCUT2D eigenvalue weighted by Gasteiger charge is -2.22. The Morgan fingerprint density at radius 3 is 2.96 bits per heavy atom. The monoisotopic (exact) mass is 396 g/mol. The highest BCUT2D eigenvalue weighted by Gasteiger charge is 2.28. The van der Waals surface area contributed by atoms with E-state index in [2.05, 4.69) is 24.2 Å². The zero-order valence-corrected chi connectivity index (χ0v) is 17.1. The molecule has 6 heteroatoms. The first-order valence-electron chi connectivity index (χ1n) is 9.29. The van der Waals surface area contributed by atoms with Crippen LogP contribution in [-0.4, -0.2) is 36.4 Å². The lowest BCUT2D eigenvalue weighted by molar-refractivity contribution is -0.117. The summed E-state index contributed by atoms with van der Waals surface area (Å²) < 4.78 is 5.23. The van der Waals surface area contributed by atoms with E-state index in [0.29, 0.717) is 28.7 Å². The van der Waals surface area contributed by atoms with Crippen LogP contribution in [0.4, 0.5) is 0 Å². The SMILES string of the molecule is COc1cccc(/C=C2/SC3C=CC(C(=O)NCCC(C)C)=CC3=NC2=O)c1. The number of nitrogens with one attached hydrogen (secondary N) is 1. The number of aliphatic imine (C=N–C) groups is 1. The molecule has 0 fully saturated rings. The fourth-order valence-electron chi connectivity index (χ4n) is 2.83. The van der Waals surface area contributed by atoms with Gasteiger partial charge in [0.25, 0.3) is 11.8 Å². The number of carbonyl (C=O) groups is 2. The molecule has 1 heterocycles. The molecule has 1 aliphatic carbocycles. The van der Waals surface area contributed by atoms with E-state index in [0.717, 1.165) is 17.7 Å². The quantitative estimate of drug-likeness (QED) is 0.743. The first-order chi connectivity index (χ1) is 13.5. The maximum atomic E-state index is 12.5. The Balaban J connectivity index is 1.74. The molecule has 0 spiro atoms. The highest BCUT2D eigenvalue weighted by molar-refractivity contribution is 8.05. The molecule has 1 atom stereocenters. The van der Waals surface area contributed by atoms with Crippen molar-refractivity contribution in [2.45, 2.75) is 25.5 Å². The molecule has 0 aromatic heterocycles. The number of allylic oxidation sites excluding steroid dienone is 1. The van der Waals surface area contributed by atoms with Crippen LogP contribution in [0.2, 0.25) is 0 Å². The zero-order valence-electron chi connectivity index (χ0n) is 16.3. The fourth-order valence-corrected chi connectivity index (χ4v) is 3.85. The molecule has 1 N–H and O–H groups in total. The molecule has 0 bridgehead atoms. The van der Waals surface area contributed by atoms with Gasteiger partial charge in [0.2, 0.25) is 0 Å². The van der Waals surface area contributed by atoms with Gasteiger partial charge in [-0.3, -0.25) is 9.59 Å². The minimum absolute atomic E-state index is 0.0678. The van der Waals surface area contributed by atoms with Crippen molar-refractivity contribution >= 4 is 35.4 Å². The van der Waals surface area contributed by atoms with Gasteiger partial charge in [-0.05, 0) is 42.2 Å². The topological polar surface area (TPSA) is 67.8 Å². The molecular formula is C22H24N2O3S. The number of amides is 2. The van der Waals surface area contributed by atoms with Crippen LogP contribution in [-0.2, 0) is 9.59 Å². The minimum atomic E-state index is -0.287. The van der Waals surface area contributed by atoms with Gasteiger partial charge in [-0.15, -0.1) is 11.8 Å². The first-order valence-corrected chi connectivity index (χ1v) is 10.2. The Bertz CT molecular complexity index is 897. The lowest BCUT2D eigenvalue weighted by Crippen LogP contribution is -2.30. The van der Waals surface area contributed by atoms with Gasteiger partial charge in [0.05, 0.1) is 23.0 Å². The van der Waals surface area contributed by atoms with Crippen LogP contribution in [0.25, 0.3) is 6.08 Å². The molecule has 0 saturated heterocycles. The summed E-state index contributed by atoms with van der Waals surface area (Å²) in [7, 11) is 1.61. The van der Waals surface area contributed by atoms with Gasteiger partial charge in [-0.2, -0.15) is 0 Å². The van der Waals surface area contributed by atoms with Crippen molar-refractivity contribution in [3.63, 3.8) is 0 Å². The summed E-state index contributed by atoms with van der Waals surface area (Å²) in [6.07, 6.45) is 8.19. The summed E-state index contributed by atoms with van der Waals surface area (Å²) in [6.45, 7) is 4.87. The van der Waals surface area contributed by atoms with Crippen molar-refractivity contribution in [1.29, 1.82) is 0 Å². The highest BCUT2D eigenvalue weighted by Crippen LogP contribution is 2.34. The number of ether oxygens (including phenoxy) is 1. The zero-order chi connectivity index (χ0) is 20.1. The molecule has 1 aromatic rings. The van der Waals surface area contributed by atoms with Crippen molar-refractivity contribution in [2.24, 2.45) is 10.9 Å². The molecule has 2 amide bonds. The molecule has 1 aromatic carbocycles. The third-order valence-electron chi connectivity index (χ3n) is 4.40. The molecule has 0 saturated carbocycles. The number of thioether (sulfide) groups is 1. The van der Waals surface area contributed by atoms with E-state index < -0.39 is 0 Å². The maximum absolute atomic E-state index is 12.5. The molecule has 2 aliphatic rings. The highest BCUT2D eigenvalue weighted by atomic mass is 32.2. The van der Waals surface area contributed by atoms with Crippen LogP contribution in [0.5, 0.6) is 5.75 Å². The van der Waals surface area contributed by atoms with E-state index >= 15 is 0 Å². The number of fused-ring (bicyclic) bond motifs is 1. The van der Waals surface area contributed by atoms with Gasteiger partial charge in [0, 0.05) is 12.1 Å². The van der Waals surface area contributed by atoms with E-state index in [4.69, 9.17) is 4.74 Å². The lowest BCUT2D eigenvalue weighted by atomic mass is 10.0. The summed E-state index contributed by atoms with van der Waals surface area (Å²) in [6, 6.07) is 7.52. The standard InChI is InChI=1S/C22H24N2O3S/c1-14(2)9-10-23-21(25)16-7-8-19-18(13-16)24-22(26)20(28-19)12-15-5-4-6-17(11-15)27-3/h4-8,11-14,19H,9-10H2,1-3H3,(H,23,25)/b20-12+. The Labute approximate surface area is 169 Å². The third kappa shape index (κ3) is 5.01. The predicted octanol–water partition coefficient (Wildman–Crippen LogP) is 3.78. The molecule has 0 radical (unpaired) electrons. The molecule has 28 heavy (non-hydrogen) atoms. The fraction of sp³-hybridized carbons (Fsp3) is 0.318. The summed E-state index contributed by atoms with van der Waals surface area (Å²) in [5.41, 5.74) is 2.04. The van der Waals surface area contributed by atoms with E-state index in [-0.39, 0.29) is 17.1 Å². The first kappa shape index (κ1) is 20.1. The average molecular weight is 397 g/mol. The van der Waals surface area contributed by atoms with Gasteiger partial charge in [-0.25, -0.2) is 4.99 Å². The van der Waals surface area contributed by atoms with Crippen molar-refractivity contribution < 1.29 is 14.3 Å². The number of hydrogen-bond donors (Lipinski definition) is 1. The Kier molecular flexibility index (Phi) is 6.52. The summed E-state index contributed by atoms with van der Waals surface area (Å²) in [5, 5.41) is 2.85. The van der Waals surface area contributed by atoms with E-state index in [1.165, 1.54) is 11.8 Å². The van der Waals surface area contributed by atoms with Crippen molar-refractivity contribution in [1.82, 2.24) is 5.32 Å². The van der Waals surface area contributed by atoms with Crippen LogP contribution in [0.3, 0.4) is 0 Å². The number of benzene rings is 1. The van der Waals surface area contributed by atoms with Crippen LogP contribution < -0.4 is 10.1 Å². The van der Waals surface area contributed by atoms with Crippen molar-refractivity contribution in [2.75, 3.05) is 13.7 Å². The summed E-state index contributed by atoms with van der Waals surface area (Å²) >= 11 is 1.44. The van der Waals surface area contributed by atoms with Gasteiger partial charge in [-0.1, -0.05) is 38.1 Å². The summed E-state index contributed by atoms with van der Waals surface area (Å²) in [4.78, 5) is 29.6. The van der Waals surface area contributed by atoms with Crippen molar-refractivity contribution in [3.05, 3.63) is 58.5 Å². The third-order valence-corrected chi connectivity index (χ3v) is 5.60. The number of methoxy groups -OCH3 is 1. The van der Waals surface area contributed by atoms with Gasteiger partial charge >= 0.3 is 0 Å². The molecule has 5 nitrogen and oxygen atoms in total. The number of hydrogen-bond acceptors (Lipinski definition) is 4. The normalized spacial score (nSPS) is 19.9. The molecule has 146 valence electrons. The smallest absolute Gasteiger partial charge is 0.283 e.